The molecular formula is C17H23N3. The summed E-state index contributed by atoms with van der Waals surface area (Å²) >= 11 is 0. The van der Waals surface area contributed by atoms with Crippen molar-refractivity contribution < 1.29 is 0 Å². The zero-order valence-electron chi connectivity index (χ0n) is 12.4. The predicted octanol–water partition coefficient (Wildman–Crippen LogP) is 4.03. The van der Waals surface area contributed by atoms with Gasteiger partial charge >= 0.3 is 0 Å². The summed E-state index contributed by atoms with van der Waals surface area (Å²) in [5.74, 6) is 1.50. The molecule has 3 nitrogen and oxygen atoms in total. The quantitative estimate of drug-likeness (QED) is 0.894. The van der Waals surface area contributed by atoms with Crippen LogP contribution in [0.2, 0.25) is 0 Å². The standard InChI is InChI=1S/C17H23N3/c1-12-16(19-20(2)17(12)18)15-10-8-14(9-11-15)13-6-4-3-5-7-13/h8-11,13H,3-7,18H2,1-2H3. The fourth-order valence-electron chi connectivity index (χ4n) is 3.27. The Kier molecular flexibility index (Phi) is 3.51. The van der Waals surface area contributed by atoms with Crippen molar-refractivity contribution in [2.45, 2.75) is 44.9 Å². The predicted molar refractivity (Wildman–Crippen MR) is 83.6 cm³/mol. The van der Waals surface area contributed by atoms with Gasteiger partial charge in [0.1, 0.15) is 5.82 Å². The number of rotatable bonds is 2. The first-order valence-corrected chi connectivity index (χ1v) is 7.56. The third-order valence-electron chi connectivity index (χ3n) is 4.60. The number of nitrogens with two attached hydrogens (primary N) is 1. The lowest BCUT2D eigenvalue weighted by molar-refractivity contribution is 0.443. The molecule has 0 amide bonds. The van der Waals surface area contributed by atoms with Crippen molar-refractivity contribution in [3.8, 4) is 11.3 Å². The first kappa shape index (κ1) is 13.2. The Morgan fingerprint density at radius 2 is 1.75 bits per heavy atom. The number of nitrogen functional groups attached to an aromatic ring is 1. The van der Waals surface area contributed by atoms with Crippen LogP contribution < -0.4 is 5.73 Å². The summed E-state index contributed by atoms with van der Waals surface area (Å²) < 4.78 is 1.75. The molecule has 1 heterocycles. The van der Waals surface area contributed by atoms with Crippen LogP contribution in [0.25, 0.3) is 11.3 Å². The minimum absolute atomic E-state index is 0.747. The van der Waals surface area contributed by atoms with Gasteiger partial charge in [0.15, 0.2) is 0 Å². The van der Waals surface area contributed by atoms with Crippen LogP contribution in [0.4, 0.5) is 5.82 Å². The van der Waals surface area contributed by atoms with Crippen LogP contribution in [0.15, 0.2) is 24.3 Å². The normalized spacial score (nSPS) is 16.5. The van der Waals surface area contributed by atoms with Crippen LogP contribution >= 0.6 is 0 Å². The van der Waals surface area contributed by atoms with Gasteiger partial charge in [0.05, 0.1) is 5.69 Å². The van der Waals surface area contributed by atoms with Gasteiger partial charge in [0.25, 0.3) is 0 Å². The maximum Gasteiger partial charge on any atom is 0.124 e. The highest BCUT2D eigenvalue weighted by molar-refractivity contribution is 5.68. The number of hydrogen-bond donors (Lipinski definition) is 1. The Morgan fingerprint density at radius 1 is 1.10 bits per heavy atom. The molecule has 0 aliphatic heterocycles. The summed E-state index contributed by atoms with van der Waals surface area (Å²) in [6.45, 7) is 2.03. The largest absolute Gasteiger partial charge is 0.384 e. The zero-order valence-corrected chi connectivity index (χ0v) is 12.4. The molecule has 0 radical (unpaired) electrons. The third kappa shape index (κ3) is 2.33. The van der Waals surface area contributed by atoms with E-state index in [0.29, 0.717) is 0 Å². The molecular weight excluding hydrogens is 246 g/mol. The van der Waals surface area contributed by atoms with Gasteiger partial charge in [-0.05, 0) is 31.2 Å². The van der Waals surface area contributed by atoms with Gasteiger partial charge in [0, 0.05) is 18.2 Å². The summed E-state index contributed by atoms with van der Waals surface area (Å²) in [5, 5.41) is 4.51. The topological polar surface area (TPSA) is 43.8 Å². The Hall–Kier alpha value is -1.77. The first-order valence-electron chi connectivity index (χ1n) is 7.56. The summed E-state index contributed by atoms with van der Waals surface area (Å²) in [4.78, 5) is 0. The molecule has 0 spiro atoms. The van der Waals surface area contributed by atoms with Crippen molar-refractivity contribution in [2.24, 2.45) is 7.05 Å². The van der Waals surface area contributed by atoms with E-state index in [-0.39, 0.29) is 0 Å². The van der Waals surface area contributed by atoms with Crippen molar-refractivity contribution in [1.82, 2.24) is 9.78 Å². The molecule has 3 heteroatoms. The SMILES string of the molecule is Cc1c(-c2ccc(C3CCCCC3)cc2)nn(C)c1N. The average Bonchev–Trinajstić information content (AvgIpc) is 2.76. The maximum absolute atomic E-state index is 5.99. The fourth-order valence-corrected chi connectivity index (χ4v) is 3.27. The summed E-state index contributed by atoms with van der Waals surface area (Å²) in [7, 11) is 1.89. The number of benzene rings is 1. The molecule has 106 valence electrons. The lowest BCUT2D eigenvalue weighted by Gasteiger charge is -2.22. The molecule has 1 saturated carbocycles. The van der Waals surface area contributed by atoms with E-state index in [1.54, 1.807) is 4.68 Å². The van der Waals surface area contributed by atoms with Gasteiger partial charge in [-0.15, -0.1) is 0 Å². The van der Waals surface area contributed by atoms with Crippen LogP contribution in [0.5, 0.6) is 0 Å². The molecule has 0 bridgehead atoms. The molecule has 1 fully saturated rings. The van der Waals surface area contributed by atoms with Gasteiger partial charge in [-0.1, -0.05) is 43.5 Å². The van der Waals surface area contributed by atoms with Gasteiger partial charge in [-0.2, -0.15) is 5.10 Å². The highest BCUT2D eigenvalue weighted by atomic mass is 15.3. The Bertz CT molecular complexity index is 589. The second-order valence-electron chi connectivity index (χ2n) is 5.94. The zero-order chi connectivity index (χ0) is 14.1. The average molecular weight is 269 g/mol. The van der Waals surface area contributed by atoms with Crippen molar-refractivity contribution in [3.05, 3.63) is 35.4 Å². The van der Waals surface area contributed by atoms with E-state index in [0.717, 1.165) is 28.6 Å². The molecule has 20 heavy (non-hydrogen) atoms. The second kappa shape index (κ2) is 5.31. The molecule has 3 rings (SSSR count). The molecule has 1 aromatic heterocycles. The van der Waals surface area contributed by atoms with Gasteiger partial charge in [-0.3, -0.25) is 4.68 Å². The third-order valence-corrected chi connectivity index (χ3v) is 4.60. The van der Waals surface area contributed by atoms with Crippen molar-refractivity contribution in [2.75, 3.05) is 5.73 Å². The van der Waals surface area contributed by atoms with Gasteiger partial charge < -0.3 is 5.73 Å². The Labute approximate surface area is 120 Å². The number of hydrogen-bond acceptors (Lipinski definition) is 2. The molecule has 0 saturated heterocycles. The smallest absolute Gasteiger partial charge is 0.124 e. The number of nitrogens with zero attached hydrogens (tertiary/aromatic N) is 2. The van der Waals surface area contributed by atoms with E-state index in [9.17, 15) is 0 Å². The number of aryl methyl sites for hydroxylation is 1. The highest BCUT2D eigenvalue weighted by Gasteiger charge is 2.16. The minimum Gasteiger partial charge on any atom is -0.384 e. The van der Waals surface area contributed by atoms with E-state index < -0.39 is 0 Å². The van der Waals surface area contributed by atoms with E-state index >= 15 is 0 Å². The van der Waals surface area contributed by atoms with E-state index in [1.165, 1.54) is 37.7 Å². The van der Waals surface area contributed by atoms with Crippen LogP contribution in [-0.4, -0.2) is 9.78 Å². The number of anilines is 1. The first-order chi connectivity index (χ1) is 9.66. The van der Waals surface area contributed by atoms with Crippen LogP contribution in [0.3, 0.4) is 0 Å². The minimum atomic E-state index is 0.747. The van der Waals surface area contributed by atoms with Crippen LogP contribution in [0, 0.1) is 6.92 Å². The molecule has 1 aromatic carbocycles. The second-order valence-corrected chi connectivity index (χ2v) is 5.94. The van der Waals surface area contributed by atoms with Gasteiger partial charge in [-0.25, -0.2) is 0 Å². The van der Waals surface area contributed by atoms with E-state index in [4.69, 9.17) is 5.73 Å². The monoisotopic (exact) mass is 269 g/mol. The van der Waals surface area contributed by atoms with E-state index in [2.05, 4.69) is 29.4 Å². The highest BCUT2D eigenvalue weighted by Crippen LogP contribution is 2.34. The lowest BCUT2D eigenvalue weighted by atomic mass is 9.84. The summed E-state index contributed by atoms with van der Waals surface area (Å²) in [6, 6.07) is 8.93. The van der Waals surface area contributed by atoms with Crippen LogP contribution in [0.1, 0.15) is 49.1 Å². The fraction of sp³-hybridized carbons (Fsp3) is 0.471. The molecule has 2 N–H and O–H groups in total. The molecule has 1 aliphatic rings. The van der Waals surface area contributed by atoms with E-state index in [1.807, 2.05) is 14.0 Å². The Morgan fingerprint density at radius 3 is 2.30 bits per heavy atom. The van der Waals surface area contributed by atoms with Crippen LogP contribution in [-0.2, 0) is 7.05 Å². The van der Waals surface area contributed by atoms with Gasteiger partial charge in [0.2, 0.25) is 0 Å². The lowest BCUT2D eigenvalue weighted by Crippen LogP contribution is -2.04. The summed E-state index contributed by atoms with van der Waals surface area (Å²) in [5.41, 5.74) is 10.7. The molecule has 0 atom stereocenters. The van der Waals surface area contributed by atoms with Crippen molar-refractivity contribution in [3.63, 3.8) is 0 Å². The molecule has 0 unspecified atom stereocenters. The van der Waals surface area contributed by atoms with Crippen molar-refractivity contribution in [1.29, 1.82) is 0 Å². The summed E-state index contributed by atoms with van der Waals surface area (Å²) in [6.07, 6.45) is 6.84. The Balaban J connectivity index is 1.87. The molecule has 2 aromatic rings. The number of aromatic nitrogens is 2. The molecule has 1 aliphatic carbocycles. The maximum atomic E-state index is 5.99. The van der Waals surface area contributed by atoms with Crippen molar-refractivity contribution >= 4 is 5.82 Å².